The van der Waals surface area contributed by atoms with Crippen LogP contribution in [0.2, 0.25) is 0 Å². The van der Waals surface area contributed by atoms with Crippen LogP contribution in [-0.2, 0) is 6.18 Å². The largest absolute Gasteiger partial charge is 0.433 e. The second-order valence-electron chi connectivity index (χ2n) is 3.42. The highest BCUT2D eigenvalue weighted by Crippen LogP contribution is 2.32. The van der Waals surface area contributed by atoms with E-state index in [4.69, 9.17) is 0 Å². The molecule has 0 unspecified atom stereocenters. The van der Waals surface area contributed by atoms with Gasteiger partial charge in [-0.3, -0.25) is 0 Å². The molecule has 2 rings (SSSR count). The van der Waals surface area contributed by atoms with Crippen molar-refractivity contribution in [2.24, 2.45) is 0 Å². The quantitative estimate of drug-likeness (QED) is 0.746. The van der Waals surface area contributed by atoms with Crippen LogP contribution in [0.3, 0.4) is 0 Å². The van der Waals surface area contributed by atoms with Gasteiger partial charge >= 0.3 is 6.18 Å². The highest BCUT2D eigenvalue weighted by Gasteiger charge is 2.37. The van der Waals surface area contributed by atoms with Crippen molar-refractivity contribution in [3.8, 4) is 5.69 Å². The minimum atomic E-state index is -4.39. The van der Waals surface area contributed by atoms with Crippen LogP contribution in [0.25, 0.3) is 5.69 Å². The molecule has 0 radical (unpaired) electrons. The molecule has 0 aliphatic heterocycles. The molecule has 1 heterocycles. The van der Waals surface area contributed by atoms with Gasteiger partial charge in [-0.1, -0.05) is 32.0 Å². The third-order valence-electron chi connectivity index (χ3n) is 2.22. The zero-order chi connectivity index (χ0) is 13.8. The van der Waals surface area contributed by atoms with Gasteiger partial charge in [-0.2, -0.15) is 18.3 Å². The van der Waals surface area contributed by atoms with E-state index in [0.29, 0.717) is 5.69 Å². The predicted molar refractivity (Wildman–Crippen MR) is 64.7 cm³/mol. The Kier molecular flexibility index (Phi) is 4.53. The maximum atomic E-state index is 12.8. The molecular formula is C13H15F3N2. The molecule has 0 saturated heterocycles. The average molecular weight is 256 g/mol. The van der Waals surface area contributed by atoms with Crippen molar-refractivity contribution in [1.29, 1.82) is 0 Å². The van der Waals surface area contributed by atoms with Gasteiger partial charge in [-0.05, 0) is 24.6 Å². The molecule has 2 nitrogen and oxygen atoms in total. The van der Waals surface area contributed by atoms with E-state index in [9.17, 15) is 13.2 Å². The Morgan fingerprint density at radius 3 is 2.11 bits per heavy atom. The number of nitrogens with zero attached hydrogens (tertiary/aromatic N) is 2. The summed E-state index contributed by atoms with van der Waals surface area (Å²) in [6.45, 7) is 5.40. The Labute approximate surface area is 104 Å². The fourth-order valence-electron chi connectivity index (χ4n) is 1.54. The first-order valence-corrected chi connectivity index (χ1v) is 5.67. The van der Waals surface area contributed by atoms with E-state index in [2.05, 4.69) is 5.10 Å². The lowest BCUT2D eigenvalue weighted by Crippen LogP contribution is -2.14. The van der Waals surface area contributed by atoms with Crippen molar-refractivity contribution >= 4 is 0 Å². The summed E-state index contributed by atoms with van der Waals surface area (Å²) in [5.74, 6) is 0. The van der Waals surface area contributed by atoms with E-state index in [1.165, 1.54) is 13.1 Å². The smallest absolute Gasteiger partial charge is 0.228 e. The maximum absolute atomic E-state index is 12.8. The number of aromatic nitrogens is 2. The molecule has 0 atom stereocenters. The van der Waals surface area contributed by atoms with Gasteiger partial charge in [0.1, 0.15) is 0 Å². The second-order valence-corrected chi connectivity index (χ2v) is 3.42. The monoisotopic (exact) mass is 256 g/mol. The van der Waals surface area contributed by atoms with Gasteiger partial charge in [0.2, 0.25) is 0 Å². The molecule has 5 heteroatoms. The molecule has 0 amide bonds. The summed E-state index contributed by atoms with van der Waals surface area (Å²) in [5, 5.41) is 3.75. The van der Waals surface area contributed by atoms with Crippen molar-refractivity contribution in [2.75, 3.05) is 0 Å². The summed E-state index contributed by atoms with van der Waals surface area (Å²) < 4.78 is 39.2. The zero-order valence-electron chi connectivity index (χ0n) is 10.5. The number of benzene rings is 1. The fourth-order valence-corrected chi connectivity index (χ4v) is 1.54. The van der Waals surface area contributed by atoms with Crippen molar-refractivity contribution in [3.05, 3.63) is 47.8 Å². The fraction of sp³-hybridized carbons (Fsp3) is 0.308. The van der Waals surface area contributed by atoms with Crippen LogP contribution in [-0.4, -0.2) is 9.78 Å². The minimum Gasteiger partial charge on any atom is -0.228 e. The van der Waals surface area contributed by atoms with E-state index in [0.717, 1.165) is 4.68 Å². The highest BCUT2D eigenvalue weighted by molar-refractivity contribution is 5.35. The van der Waals surface area contributed by atoms with Crippen LogP contribution in [0.5, 0.6) is 0 Å². The number of rotatable bonds is 1. The number of halogens is 3. The maximum Gasteiger partial charge on any atom is 0.433 e. The Bertz CT molecular complexity index is 487. The van der Waals surface area contributed by atoms with Gasteiger partial charge in [0.15, 0.2) is 5.69 Å². The zero-order valence-corrected chi connectivity index (χ0v) is 10.5. The third kappa shape index (κ3) is 2.91. The predicted octanol–water partition coefficient (Wildman–Crippen LogP) is 4.23. The minimum absolute atomic E-state index is 0.122. The lowest BCUT2D eigenvalue weighted by Gasteiger charge is -2.11. The molecule has 0 fully saturated rings. The molecule has 0 aliphatic rings. The molecule has 2 aromatic rings. The number of alkyl halides is 3. The van der Waals surface area contributed by atoms with Crippen molar-refractivity contribution in [1.82, 2.24) is 9.78 Å². The van der Waals surface area contributed by atoms with Gasteiger partial charge in [0.25, 0.3) is 0 Å². The second kappa shape index (κ2) is 5.71. The number of hydrogen-bond acceptors (Lipinski definition) is 1. The van der Waals surface area contributed by atoms with Crippen LogP contribution >= 0.6 is 0 Å². The van der Waals surface area contributed by atoms with E-state index in [1.54, 1.807) is 30.3 Å². The number of hydrogen-bond donors (Lipinski definition) is 0. The van der Waals surface area contributed by atoms with E-state index in [1.807, 2.05) is 13.8 Å². The van der Waals surface area contributed by atoms with Crippen LogP contribution in [0.15, 0.2) is 36.5 Å². The summed E-state index contributed by atoms with van der Waals surface area (Å²) in [4.78, 5) is 0. The summed E-state index contributed by atoms with van der Waals surface area (Å²) in [6, 6.07) is 8.26. The number of para-hydroxylation sites is 1. The Morgan fingerprint density at radius 1 is 1.06 bits per heavy atom. The van der Waals surface area contributed by atoms with E-state index < -0.39 is 11.9 Å². The molecule has 1 aromatic heterocycles. The van der Waals surface area contributed by atoms with Gasteiger partial charge in [0, 0.05) is 0 Å². The van der Waals surface area contributed by atoms with Gasteiger partial charge in [0.05, 0.1) is 11.9 Å². The van der Waals surface area contributed by atoms with E-state index >= 15 is 0 Å². The van der Waals surface area contributed by atoms with Crippen LogP contribution < -0.4 is 0 Å². The third-order valence-corrected chi connectivity index (χ3v) is 2.22. The molecule has 0 bridgehead atoms. The summed E-state index contributed by atoms with van der Waals surface area (Å²) in [5.41, 5.74) is -0.196. The molecule has 1 aromatic carbocycles. The first kappa shape index (κ1) is 14.3. The van der Waals surface area contributed by atoms with Crippen molar-refractivity contribution in [3.63, 3.8) is 0 Å². The Balaban J connectivity index is 0.000000771. The molecule has 0 aliphatic carbocycles. The van der Waals surface area contributed by atoms with Gasteiger partial charge < -0.3 is 0 Å². The summed E-state index contributed by atoms with van der Waals surface area (Å²) in [7, 11) is 0. The standard InChI is InChI=1S/C11H9F3N2.C2H6/c1-8-7-15-16(10(8)11(12,13)14)9-5-3-2-4-6-9;1-2/h2-7H,1H3;1-2H3. The number of aryl methyl sites for hydroxylation is 1. The molecule has 0 N–H and O–H groups in total. The van der Waals surface area contributed by atoms with Crippen LogP contribution in [0.4, 0.5) is 13.2 Å². The SMILES string of the molecule is CC.Cc1cnn(-c2ccccc2)c1C(F)(F)F. The lowest BCUT2D eigenvalue weighted by molar-refractivity contribution is -0.143. The topological polar surface area (TPSA) is 17.8 Å². The molecule has 18 heavy (non-hydrogen) atoms. The van der Waals surface area contributed by atoms with Crippen LogP contribution in [0, 0.1) is 6.92 Å². The van der Waals surface area contributed by atoms with Crippen molar-refractivity contribution in [2.45, 2.75) is 26.9 Å². The Morgan fingerprint density at radius 2 is 1.61 bits per heavy atom. The van der Waals surface area contributed by atoms with Gasteiger partial charge in [-0.25, -0.2) is 4.68 Å². The highest BCUT2D eigenvalue weighted by atomic mass is 19.4. The molecule has 0 spiro atoms. The molecular weight excluding hydrogens is 241 g/mol. The molecule has 98 valence electrons. The van der Waals surface area contributed by atoms with E-state index in [-0.39, 0.29) is 5.56 Å². The lowest BCUT2D eigenvalue weighted by atomic mass is 10.2. The Hall–Kier alpha value is -1.78. The normalized spacial score (nSPS) is 10.8. The average Bonchev–Trinajstić information content (AvgIpc) is 2.75. The first-order chi connectivity index (χ1) is 8.50. The van der Waals surface area contributed by atoms with Crippen LogP contribution in [0.1, 0.15) is 25.1 Å². The van der Waals surface area contributed by atoms with Gasteiger partial charge in [-0.15, -0.1) is 0 Å². The summed E-state index contributed by atoms with van der Waals surface area (Å²) >= 11 is 0. The molecule has 0 saturated carbocycles. The van der Waals surface area contributed by atoms with Crippen molar-refractivity contribution < 1.29 is 13.2 Å². The summed E-state index contributed by atoms with van der Waals surface area (Å²) in [6.07, 6.45) is -3.17. The first-order valence-electron chi connectivity index (χ1n) is 5.67.